The predicted octanol–water partition coefficient (Wildman–Crippen LogP) is -0.102. The highest BCUT2D eigenvalue weighted by Gasteiger charge is 2.39. The lowest BCUT2D eigenvalue weighted by molar-refractivity contribution is -0.139. The minimum atomic E-state index is -0.842. The van der Waals surface area contributed by atoms with E-state index in [1.54, 1.807) is 4.90 Å². The second kappa shape index (κ2) is 5.37. The second-order valence-corrected chi connectivity index (χ2v) is 4.93. The molecule has 3 amide bonds. The minimum Gasteiger partial charge on any atom is -0.343 e. The largest absolute Gasteiger partial charge is 0.343 e. The molecule has 18 heavy (non-hydrogen) atoms. The van der Waals surface area contributed by atoms with Gasteiger partial charge in [-0.05, 0) is 12.8 Å². The summed E-state index contributed by atoms with van der Waals surface area (Å²) in [6, 6.07) is 0. The van der Waals surface area contributed by atoms with Gasteiger partial charge in [0, 0.05) is 26.6 Å². The molecule has 1 atom stereocenters. The molecule has 0 saturated carbocycles. The van der Waals surface area contributed by atoms with Crippen LogP contribution in [0.1, 0.15) is 32.1 Å². The van der Waals surface area contributed by atoms with Gasteiger partial charge in [0.1, 0.15) is 5.92 Å². The number of nitrogens with one attached hydrogen (secondary N) is 1. The van der Waals surface area contributed by atoms with Gasteiger partial charge in [0.2, 0.25) is 5.91 Å². The van der Waals surface area contributed by atoms with Crippen LogP contribution in [0.4, 0.5) is 0 Å². The van der Waals surface area contributed by atoms with E-state index in [0.717, 1.165) is 43.8 Å². The maximum Gasteiger partial charge on any atom is 0.253 e. The molecule has 0 aromatic rings. The van der Waals surface area contributed by atoms with Crippen molar-refractivity contribution in [2.24, 2.45) is 5.92 Å². The van der Waals surface area contributed by atoms with Crippen molar-refractivity contribution in [1.82, 2.24) is 15.3 Å². The number of rotatable bonds is 2. The fourth-order valence-electron chi connectivity index (χ4n) is 2.45. The first-order chi connectivity index (χ1) is 8.59. The van der Waals surface area contributed by atoms with Gasteiger partial charge in [0.05, 0.1) is 0 Å². The topological polar surface area (TPSA) is 69.7 Å². The zero-order chi connectivity index (χ0) is 13.1. The fraction of sp³-hybridized carbons (Fsp3) is 0.750. The Balaban J connectivity index is 1.94. The third-order valence-electron chi connectivity index (χ3n) is 3.56. The van der Waals surface area contributed by atoms with Crippen LogP contribution in [-0.2, 0) is 14.4 Å². The van der Waals surface area contributed by atoms with Crippen LogP contribution in [0.5, 0.6) is 0 Å². The number of carbonyl (C=O) groups excluding carboxylic acids is 3. The molecule has 2 aliphatic heterocycles. The zero-order valence-electron chi connectivity index (χ0n) is 10.6. The molecule has 1 N–H and O–H groups in total. The normalized spacial score (nSPS) is 25.1. The third-order valence-corrected chi connectivity index (χ3v) is 3.56. The van der Waals surface area contributed by atoms with Gasteiger partial charge < -0.3 is 4.90 Å². The Hall–Kier alpha value is -1.59. The molecule has 100 valence electrons. The number of hydrogen-bond donors (Lipinski definition) is 1. The molecule has 0 aliphatic carbocycles. The van der Waals surface area contributed by atoms with E-state index in [1.807, 2.05) is 0 Å². The maximum absolute atomic E-state index is 12.1. The fourth-order valence-corrected chi connectivity index (χ4v) is 2.45. The Morgan fingerprint density at radius 2 is 1.83 bits per heavy atom. The summed E-state index contributed by atoms with van der Waals surface area (Å²) < 4.78 is 0. The lowest BCUT2D eigenvalue weighted by Crippen LogP contribution is -2.35. The van der Waals surface area contributed by atoms with E-state index in [-0.39, 0.29) is 24.1 Å². The summed E-state index contributed by atoms with van der Waals surface area (Å²) in [4.78, 5) is 37.1. The van der Waals surface area contributed by atoms with Crippen LogP contribution < -0.4 is 5.43 Å². The highest BCUT2D eigenvalue weighted by Crippen LogP contribution is 2.17. The van der Waals surface area contributed by atoms with Gasteiger partial charge in [0.15, 0.2) is 0 Å². The van der Waals surface area contributed by atoms with Crippen molar-refractivity contribution < 1.29 is 14.4 Å². The molecule has 2 rings (SSSR count). The summed E-state index contributed by atoms with van der Waals surface area (Å²) in [5.41, 5.74) is 2.41. The summed E-state index contributed by atoms with van der Waals surface area (Å²) in [6.45, 7) is 1.49. The van der Waals surface area contributed by atoms with E-state index in [0.29, 0.717) is 0 Å². The molecule has 0 aromatic heterocycles. The Kier molecular flexibility index (Phi) is 3.84. The highest BCUT2D eigenvalue weighted by atomic mass is 16.2. The average molecular weight is 253 g/mol. The minimum absolute atomic E-state index is 0.00495. The van der Waals surface area contributed by atoms with Gasteiger partial charge >= 0.3 is 0 Å². The quantitative estimate of drug-likeness (QED) is 0.699. The van der Waals surface area contributed by atoms with Crippen LogP contribution in [0.15, 0.2) is 0 Å². The second-order valence-electron chi connectivity index (χ2n) is 4.93. The molecule has 6 nitrogen and oxygen atoms in total. The lowest BCUT2D eigenvalue weighted by Gasteiger charge is -2.20. The molecule has 2 heterocycles. The first-order valence-corrected chi connectivity index (χ1v) is 6.45. The molecule has 0 bridgehead atoms. The van der Waals surface area contributed by atoms with E-state index in [4.69, 9.17) is 0 Å². The summed E-state index contributed by atoms with van der Waals surface area (Å²) in [5.74, 6) is -1.61. The van der Waals surface area contributed by atoms with Crippen LogP contribution in [-0.4, -0.2) is 47.8 Å². The Bertz CT molecular complexity index is 362. The summed E-state index contributed by atoms with van der Waals surface area (Å²) in [6.07, 6.45) is 4.31. The van der Waals surface area contributed by atoms with Crippen molar-refractivity contribution in [1.29, 1.82) is 0 Å². The molecule has 2 saturated heterocycles. The van der Waals surface area contributed by atoms with Crippen molar-refractivity contribution in [3.8, 4) is 0 Å². The number of likely N-dealkylation sites (tertiary alicyclic amines) is 1. The lowest BCUT2D eigenvalue weighted by atomic mass is 10.0. The van der Waals surface area contributed by atoms with Gasteiger partial charge in [-0.2, -0.15) is 0 Å². The van der Waals surface area contributed by atoms with Crippen LogP contribution >= 0.6 is 0 Å². The van der Waals surface area contributed by atoms with Gasteiger partial charge in [0.25, 0.3) is 11.8 Å². The first-order valence-electron chi connectivity index (χ1n) is 6.45. The van der Waals surface area contributed by atoms with E-state index >= 15 is 0 Å². The molecule has 2 aliphatic rings. The SMILES string of the molecule is CN1NC(=O)C(CC(=O)N2CCCCCC2)C1=O. The molecule has 2 fully saturated rings. The molecular weight excluding hydrogens is 234 g/mol. The number of amides is 3. The average Bonchev–Trinajstić information content (AvgIpc) is 2.58. The number of nitrogens with zero attached hydrogens (tertiary/aromatic N) is 2. The molecule has 0 spiro atoms. The molecule has 6 heteroatoms. The zero-order valence-corrected chi connectivity index (χ0v) is 10.6. The van der Waals surface area contributed by atoms with E-state index in [2.05, 4.69) is 5.43 Å². The number of carbonyl (C=O) groups is 3. The Labute approximate surface area is 106 Å². The van der Waals surface area contributed by atoms with Crippen LogP contribution in [0.2, 0.25) is 0 Å². The molecule has 1 unspecified atom stereocenters. The summed E-state index contributed by atoms with van der Waals surface area (Å²) in [7, 11) is 1.50. The van der Waals surface area contributed by atoms with E-state index < -0.39 is 5.92 Å². The predicted molar refractivity (Wildman–Crippen MR) is 64.1 cm³/mol. The van der Waals surface area contributed by atoms with Crippen LogP contribution in [0, 0.1) is 5.92 Å². The van der Waals surface area contributed by atoms with Crippen molar-refractivity contribution in [2.75, 3.05) is 20.1 Å². The first kappa shape index (κ1) is 12.9. The van der Waals surface area contributed by atoms with Crippen molar-refractivity contribution in [3.05, 3.63) is 0 Å². The third kappa shape index (κ3) is 2.63. The van der Waals surface area contributed by atoms with Gasteiger partial charge in [-0.25, -0.2) is 0 Å². The Morgan fingerprint density at radius 1 is 1.22 bits per heavy atom. The summed E-state index contributed by atoms with van der Waals surface area (Å²) in [5, 5.41) is 1.16. The summed E-state index contributed by atoms with van der Waals surface area (Å²) >= 11 is 0. The van der Waals surface area contributed by atoms with Gasteiger partial charge in [-0.3, -0.25) is 24.8 Å². The van der Waals surface area contributed by atoms with Crippen molar-refractivity contribution >= 4 is 17.7 Å². The van der Waals surface area contributed by atoms with E-state index in [1.165, 1.54) is 7.05 Å². The highest BCUT2D eigenvalue weighted by molar-refractivity contribution is 6.07. The van der Waals surface area contributed by atoms with E-state index in [9.17, 15) is 14.4 Å². The number of hydrogen-bond acceptors (Lipinski definition) is 3. The molecule has 0 aromatic carbocycles. The van der Waals surface area contributed by atoms with Crippen molar-refractivity contribution in [2.45, 2.75) is 32.1 Å². The number of hydrazine groups is 1. The Morgan fingerprint density at radius 3 is 2.33 bits per heavy atom. The monoisotopic (exact) mass is 253 g/mol. The van der Waals surface area contributed by atoms with Crippen LogP contribution in [0.3, 0.4) is 0 Å². The van der Waals surface area contributed by atoms with Gasteiger partial charge in [-0.1, -0.05) is 12.8 Å². The van der Waals surface area contributed by atoms with Crippen molar-refractivity contribution in [3.63, 3.8) is 0 Å². The van der Waals surface area contributed by atoms with Gasteiger partial charge in [-0.15, -0.1) is 0 Å². The standard InChI is InChI=1S/C12H19N3O3/c1-14-12(18)9(11(17)13-14)8-10(16)15-6-4-2-3-5-7-15/h9H,2-8H2,1H3,(H,13,17). The molecular formula is C12H19N3O3. The smallest absolute Gasteiger partial charge is 0.253 e. The molecule has 0 radical (unpaired) electrons. The maximum atomic E-state index is 12.1. The van der Waals surface area contributed by atoms with Crippen LogP contribution in [0.25, 0.3) is 0 Å².